The molecule has 0 spiro atoms. The van der Waals surface area contributed by atoms with E-state index in [1.807, 2.05) is 29.2 Å². The van der Waals surface area contributed by atoms with Crippen LogP contribution < -0.4 is 10.1 Å². The van der Waals surface area contributed by atoms with E-state index in [1.165, 1.54) is 0 Å². The van der Waals surface area contributed by atoms with Gasteiger partial charge in [-0.05, 0) is 17.9 Å². The topological polar surface area (TPSA) is 41.6 Å². The number of carbonyl (C=O) groups is 1. The lowest BCUT2D eigenvalue weighted by molar-refractivity contribution is -0.128. The standard InChI is InChI=1S/C16H24N2O2/c1-16(2,3)9-10-18-14(19)11-17-15(18)12-7-5-6-8-13(12)20-4/h5-8,15,17H,9-11H2,1-4H3. The average Bonchev–Trinajstić information content (AvgIpc) is 2.76. The largest absolute Gasteiger partial charge is 0.496 e. The zero-order chi connectivity index (χ0) is 14.8. The van der Waals surface area contributed by atoms with Gasteiger partial charge in [0.1, 0.15) is 11.9 Å². The van der Waals surface area contributed by atoms with Crippen molar-refractivity contribution < 1.29 is 9.53 Å². The summed E-state index contributed by atoms with van der Waals surface area (Å²) in [6.45, 7) is 7.74. The quantitative estimate of drug-likeness (QED) is 0.919. The maximum atomic E-state index is 12.1. The Hall–Kier alpha value is -1.55. The van der Waals surface area contributed by atoms with Gasteiger partial charge in [-0.3, -0.25) is 10.1 Å². The van der Waals surface area contributed by atoms with Crippen LogP contribution in [0.3, 0.4) is 0 Å². The van der Waals surface area contributed by atoms with E-state index in [0.29, 0.717) is 6.54 Å². The Morgan fingerprint density at radius 2 is 2.05 bits per heavy atom. The highest BCUT2D eigenvalue weighted by atomic mass is 16.5. The Kier molecular flexibility index (Phi) is 4.33. The van der Waals surface area contributed by atoms with Crippen molar-refractivity contribution in [3.05, 3.63) is 29.8 Å². The molecule has 20 heavy (non-hydrogen) atoms. The first-order valence-corrected chi connectivity index (χ1v) is 7.08. The molecule has 110 valence electrons. The number of benzene rings is 1. The van der Waals surface area contributed by atoms with Gasteiger partial charge in [0.25, 0.3) is 0 Å². The van der Waals surface area contributed by atoms with Crippen LogP contribution in [0.1, 0.15) is 38.9 Å². The number of methoxy groups -OCH3 is 1. The first-order chi connectivity index (χ1) is 9.42. The van der Waals surface area contributed by atoms with Crippen LogP contribution in [0.25, 0.3) is 0 Å². The second kappa shape index (κ2) is 5.83. The van der Waals surface area contributed by atoms with Crippen LogP contribution in [0.2, 0.25) is 0 Å². The van der Waals surface area contributed by atoms with Gasteiger partial charge in [0.2, 0.25) is 5.91 Å². The van der Waals surface area contributed by atoms with Crippen LogP contribution in [0.5, 0.6) is 5.75 Å². The summed E-state index contributed by atoms with van der Waals surface area (Å²) in [5.41, 5.74) is 1.24. The van der Waals surface area contributed by atoms with Crippen LogP contribution in [-0.4, -0.2) is 31.0 Å². The van der Waals surface area contributed by atoms with Gasteiger partial charge in [0.05, 0.1) is 13.7 Å². The molecule has 2 rings (SSSR count). The third-order valence-corrected chi connectivity index (χ3v) is 3.61. The van der Waals surface area contributed by atoms with Crippen molar-refractivity contribution in [2.75, 3.05) is 20.2 Å². The van der Waals surface area contributed by atoms with Crippen LogP contribution in [0.4, 0.5) is 0 Å². The minimum absolute atomic E-state index is 0.0824. The normalized spacial score (nSPS) is 19.5. The Bertz CT molecular complexity index is 480. The summed E-state index contributed by atoms with van der Waals surface area (Å²) in [6.07, 6.45) is 0.896. The van der Waals surface area contributed by atoms with Gasteiger partial charge in [0.15, 0.2) is 0 Å². The molecule has 0 radical (unpaired) electrons. The third kappa shape index (κ3) is 3.31. The molecular weight excluding hydrogens is 252 g/mol. The molecule has 0 aromatic heterocycles. The van der Waals surface area contributed by atoms with Crippen LogP contribution >= 0.6 is 0 Å². The average molecular weight is 276 g/mol. The molecule has 1 fully saturated rings. The summed E-state index contributed by atoms with van der Waals surface area (Å²) < 4.78 is 5.41. The Morgan fingerprint density at radius 1 is 1.35 bits per heavy atom. The SMILES string of the molecule is COc1ccccc1C1NCC(=O)N1CCC(C)(C)C. The van der Waals surface area contributed by atoms with Crippen molar-refractivity contribution in [2.45, 2.75) is 33.4 Å². The van der Waals surface area contributed by atoms with E-state index in [0.717, 1.165) is 24.3 Å². The second-order valence-corrected chi connectivity index (χ2v) is 6.42. The summed E-state index contributed by atoms with van der Waals surface area (Å²) in [7, 11) is 1.66. The predicted molar refractivity (Wildman–Crippen MR) is 79.5 cm³/mol. The molecule has 4 nitrogen and oxygen atoms in total. The number of rotatable bonds is 4. The maximum absolute atomic E-state index is 12.1. The lowest BCUT2D eigenvalue weighted by Crippen LogP contribution is -2.33. The Morgan fingerprint density at radius 3 is 2.70 bits per heavy atom. The maximum Gasteiger partial charge on any atom is 0.238 e. The molecule has 1 aliphatic heterocycles. The smallest absolute Gasteiger partial charge is 0.238 e. The number of nitrogens with one attached hydrogen (secondary N) is 1. The number of amides is 1. The lowest BCUT2D eigenvalue weighted by Gasteiger charge is -2.29. The van der Waals surface area contributed by atoms with Crippen molar-refractivity contribution in [2.24, 2.45) is 5.41 Å². The molecule has 0 aliphatic carbocycles. The highest BCUT2D eigenvalue weighted by molar-refractivity contribution is 5.81. The van der Waals surface area contributed by atoms with E-state index in [2.05, 4.69) is 26.1 Å². The van der Waals surface area contributed by atoms with Crippen LogP contribution in [0.15, 0.2) is 24.3 Å². The van der Waals surface area contributed by atoms with Gasteiger partial charge in [-0.15, -0.1) is 0 Å². The minimum Gasteiger partial charge on any atom is -0.496 e. The summed E-state index contributed by atoms with van der Waals surface area (Å²) in [4.78, 5) is 14.0. The predicted octanol–water partition coefficient (Wildman–Crippen LogP) is 2.56. The van der Waals surface area contributed by atoms with Gasteiger partial charge in [-0.1, -0.05) is 39.0 Å². The van der Waals surface area contributed by atoms with Crippen molar-refractivity contribution in [1.29, 1.82) is 0 Å². The first kappa shape index (κ1) is 14.9. The van der Waals surface area contributed by atoms with E-state index in [1.54, 1.807) is 7.11 Å². The van der Waals surface area contributed by atoms with E-state index >= 15 is 0 Å². The molecule has 1 amide bonds. The number of carbonyl (C=O) groups excluding carboxylic acids is 1. The van der Waals surface area contributed by atoms with Crippen molar-refractivity contribution in [1.82, 2.24) is 10.2 Å². The van der Waals surface area contributed by atoms with Gasteiger partial charge in [-0.25, -0.2) is 0 Å². The van der Waals surface area contributed by atoms with E-state index in [4.69, 9.17) is 4.74 Å². The minimum atomic E-state index is -0.0824. The Balaban J connectivity index is 2.19. The van der Waals surface area contributed by atoms with Crippen molar-refractivity contribution >= 4 is 5.91 Å². The van der Waals surface area contributed by atoms with E-state index in [-0.39, 0.29) is 17.5 Å². The number of hydrogen-bond acceptors (Lipinski definition) is 3. The number of nitrogens with zero attached hydrogens (tertiary/aromatic N) is 1. The monoisotopic (exact) mass is 276 g/mol. The zero-order valence-electron chi connectivity index (χ0n) is 12.8. The van der Waals surface area contributed by atoms with Crippen LogP contribution in [0, 0.1) is 5.41 Å². The lowest BCUT2D eigenvalue weighted by atomic mass is 9.92. The van der Waals surface area contributed by atoms with Gasteiger partial charge in [0, 0.05) is 12.1 Å². The van der Waals surface area contributed by atoms with Crippen LogP contribution in [-0.2, 0) is 4.79 Å². The highest BCUT2D eigenvalue weighted by Crippen LogP contribution is 2.31. The fourth-order valence-corrected chi connectivity index (χ4v) is 2.42. The summed E-state index contributed by atoms with van der Waals surface area (Å²) in [5.74, 6) is 0.977. The summed E-state index contributed by atoms with van der Waals surface area (Å²) >= 11 is 0. The molecule has 1 aliphatic rings. The van der Waals surface area contributed by atoms with Crippen molar-refractivity contribution in [3.8, 4) is 5.75 Å². The van der Waals surface area contributed by atoms with Gasteiger partial charge < -0.3 is 9.64 Å². The molecular formula is C16H24N2O2. The molecule has 1 N–H and O–H groups in total. The third-order valence-electron chi connectivity index (χ3n) is 3.61. The molecule has 1 saturated heterocycles. The number of hydrogen-bond donors (Lipinski definition) is 1. The molecule has 0 saturated carbocycles. The fraction of sp³-hybridized carbons (Fsp3) is 0.562. The zero-order valence-corrected chi connectivity index (χ0v) is 12.8. The molecule has 1 aromatic rings. The summed E-state index contributed by atoms with van der Waals surface area (Å²) in [5, 5.41) is 3.28. The Labute approximate surface area is 121 Å². The first-order valence-electron chi connectivity index (χ1n) is 7.08. The molecule has 1 atom stereocenters. The van der Waals surface area contributed by atoms with Gasteiger partial charge in [-0.2, -0.15) is 0 Å². The second-order valence-electron chi connectivity index (χ2n) is 6.42. The molecule has 1 aromatic carbocycles. The highest BCUT2D eigenvalue weighted by Gasteiger charge is 2.33. The number of para-hydroxylation sites is 1. The fourth-order valence-electron chi connectivity index (χ4n) is 2.42. The summed E-state index contributed by atoms with van der Waals surface area (Å²) in [6, 6.07) is 7.86. The molecule has 4 heteroatoms. The van der Waals surface area contributed by atoms with Crippen molar-refractivity contribution in [3.63, 3.8) is 0 Å². The molecule has 1 unspecified atom stereocenters. The van der Waals surface area contributed by atoms with Gasteiger partial charge >= 0.3 is 0 Å². The van der Waals surface area contributed by atoms with E-state index in [9.17, 15) is 4.79 Å². The molecule has 1 heterocycles. The number of ether oxygens (including phenoxy) is 1. The van der Waals surface area contributed by atoms with E-state index < -0.39 is 0 Å². The molecule has 0 bridgehead atoms.